The van der Waals surface area contributed by atoms with Crippen LogP contribution in [0.1, 0.15) is 25.0 Å². The number of likely N-dealkylation sites (tertiary alicyclic amines) is 2. The molecular weight excluding hydrogens is 1210 g/mol. The number of esters is 2. The summed E-state index contributed by atoms with van der Waals surface area (Å²) >= 11 is 32.7. The Morgan fingerprint density at radius 3 is 1.23 bits per heavy atom. The van der Waals surface area contributed by atoms with Crippen LogP contribution in [0.15, 0.2) is 83.2 Å². The molecule has 0 saturated carbocycles. The van der Waals surface area contributed by atoms with Crippen molar-refractivity contribution in [1.82, 2.24) is 20.4 Å². The second-order valence-electron chi connectivity index (χ2n) is 14.1. The standard InChI is InChI=1S/2C20H23Cl3N2O6S.Hg/c2*1-11(19(29-2)30-3)15(18(28)31-10-20(21,22)23)25-16(27)14(17(25)32)24-13(26)9-12-7-5-4-6-8-12;/h2*4-8,14,17,19,32H,9-10H2,1-3H3,(H,24,26);/q;;+2/p-2. The van der Waals surface area contributed by atoms with Crippen molar-refractivity contribution in [1.29, 1.82) is 0 Å². The Kier molecular flexibility index (Phi) is 21.8. The maximum absolute atomic E-state index is 14.2. The number of hydrogen-bond acceptors (Lipinski definition) is 14. The molecule has 65 heavy (non-hydrogen) atoms. The molecule has 4 rings (SSSR count). The zero-order valence-electron chi connectivity index (χ0n) is 35.7. The van der Waals surface area contributed by atoms with Gasteiger partial charge in [0.2, 0.25) is 0 Å². The predicted molar refractivity (Wildman–Crippen MR) is 244 cm³/mol. The average molecular weight is 1250 g/mol. The molecular formula is C40H44Cl6HgN4O12S2. The van der Waals surface area contributed by atoms with Crippen molar-refractivity contribution >= 4 is 122 Å². The van der Waals surface area contributed by atoms with Gasteiger partial charge in [-0.3, -0.25) is 0 Å². The molecule has 16 nitrogen and oxygen atoms in total. The minimum atomic E-state index is -2.72. The third kappa shape index (κ3) is 15.5. The number of rotatable bonds is 22. The van der Waals surface area contributed by atoms with Gasteiger partial charge in [0.15, 0.2) is 0 Å². The number of nitrogens with one attached hydrogen (secondary N) is 2. The second-order valence-corrected chi connectivity index (χ2v) is 37.7. The summed E-state index contributed by atoms with van der Waals surface area (Å²) in [6.07, 6.45) is -2.39. The normalized spacial score (nSPS) is 19.4. The average Bonchev–Trinajstić information content (AvgIpc) is 3.26. The SMILES string of the molecule is COC(OC)C(C)=C(C(=O)OCC(Cl)(Cl)Cl)N1C(=O)C(NC(=O)Cc2ccccc2)C1[S][Hg][S]C1C(NC(=O)Cc2ccccc2)C(=O)N1C(C(=O)OCC(Cl)(Cl)Cl)=C(C)C(OC)OC. The van der Waals surface area contributed by atoms with E-state index < -0.39 is 113 Å². The summed E-state index contributed by atoms with van der Waals surface area (Å²) < 4.78 is 28.4. The van der Waals surface area contributed by atoms with Gasteiger partial charge in [-0.2, -0.15) is 0 Å². The Bertz CT molecular complexity index is 1950. The van der Waals surface area contributed by atoms with E-state index in [2.05, 4.69) is 10.6 Å². The van der Waals surface area contributed by atoms with E-state index in [0.717, 1.165) is 9.80 Å². The molecule has 0 bridgehead atoms. The number of benzene rings is 2. The van der Waals surface area contributed by atoms with Crippen LogP contribution in [-0.2, 0) is 91.6 Å². The molecule has 4 atom stereocenters. The summed E-state index contributed by atoms with van der Waals surface area (Å²) in [6, 6.07) is 15.4. The summed E-state index contributed by atoms with van der Waals surface area (Å²) in [5, 5.41) is 3.76. The molecule has 0 radical (unpaired) electrons. The number of methoxy groups -OCH3 is 4. The number of alkyl halides is 6. The first-order valence-corrected chi connectivity index (χ1v) is 37.1. The van der Waals surface area contributed by atoms with E-state index in [0.29, 0.717) is 11.1 Å². The van der Waals surface area contributed by atoms with Crippen molar-refractivity contribution in [3.63, 3.8) is 0 Å². The van der Waals surface area contributed by atoms with Crippen molar-refractivity contribution in [3.8, 4) is 0 Å². The Morgan fingerprint density at radius 1 is 0.615 bits per heavy atom. The van der Waals surface area contributed by atoms with Gasteiger partial charge in [-0.1, -0.05) is 0 Å². The molecule has 2 saturated heterocycles. The van der Waals surface area contributed by atoms with Gasteiger partial charge in [-0.25, -0.2) is 0 Å². The molecule has 0 aliphatic carbocycles. The van der Waals surface area contributed by atoms with E-state index in [1.165, 1.54) is 58.8 Å². The molecule has 2 aliphatic rings. The van der Waals surface area contributed by atoms with Crippen LogP contribution in [0.5, 0.6) is 0 Å². The molecule has 352 valence electrons. The van der Waals surface area contributed by atoms with E-state index in [1.807, 2.05) is 0 Å². The van der Waals surface area contributed by atoms with Crippen LogP contribution < -0.4 is 10.6 Å². The maximum atomic E-state index is 14.2. The van der Waals surface area contributed by atoms with E-state index in [9.17, 15) is 28.8 Å². The molecule has 4 unspecified atom stereocenters. The zero-order chi connectivity index (χ0) is 48.2. The number of nitrogens with zero attached hydrogens (tertiary/aromatic N) is 2. The summed E-state index contributed by atoms with van der Waals surface area (Å²) in [5.41, 5.74) is 1.07. The Hall–Kier alpha value is -2.04. The Morgan fingerprint density at radius 2 is 0.938 bits per heavy atom. The summed E-state index contributed by atoms with van der Waals surface area (Å²) in [6.45, 7) is 1.62. The molecule has 2 fully saturated rings. The molecule has 25 heteroatoms. The van der Waals surface area contributed by atoms with Gasteiger partial charge < -0.3 is 0 Å². The first-order chi connectivity index (χ1) is 30.7. The number of ether oxygens (including phenoxy) is 6. The number of hydrogen-bond donors (Lipinski definition) is 2. The van der Waals surface area contributed by atoms with Gasteiger partial charge in [-0.15, -0.1) is 0 Å². The third-order valence-electron chi connectivity index (χ3n) is 9.52. The number of amides is 4. The topological polar surface area (TPSA) is 188 Å². The molecule has 2 aromatic rings. The molecule has 0 spiro atoms. The van der Waals surface area contributed by atoms with Crippen LogP contribution in [0.3, 0.4) is 0 Å². The number of carbonyl (C=O) groups is 6. The van der Waals surface area contributed by atoms with Crippen LogP contribution in [0.25, 0.3) is 0 Å². The van der Waals surface area contributed by atoms with Crippen LogP contribution in [0.4, 0.5) is 0 Å². The quantitative estimate of drug-likeness (QED) is 0.0361. The van der Waals surface area contributed by atoms with E-state index >= 15 is 0 Å². The number of halogens is 6. The van der Waals surface area contributed by atoms with Crippen LogP contribution in [0.2, 0.25) is 0 Å². The molecule has 0 aromatic heterocycles. The summed E-state index contributed by atoms with van der Waals surface area (Å²) in [4.78, 5) is 85.3. The van der Waals surface area contributed by atoms with E-state index in [-0.39, 0.29) is 35.4 Å². The van der Waals surface area contributed by atoms with Crippen LogP contribution >= 0.6 is 86.1 Å². The predicted octanol–water partition coefficient (Wildman–Crippen LogP) is 5.77. The molecule has 2 aliphatic heterocycles. The monoisotopic (exact) mass is 1250 g/mol. The van der Waals surface area contributed by atoms with Gasteiger partial charge in [0, 0.05) is 0 Å². The zero-order valence-corrected chi connectivity index (χ0v) is 47.3. The van der Waals surface area contributed by atoms with Crippen LogP contribution in [0, 0.1) is 0 Å². The van der Waals surface area contributed by atoms with Gasteiger partial charge in [0.1, 0.15) is 0 Å². The molecule has 2 N–H and O–H groups in total. The minimum absolute atomic E-state index is 0.0558. The van der Waals surface area contributed by atoms with E-state index in [1.54, 1.807) is 60.7 Å². The van der Waals surface area contributed by atoms with Gasteiger partial charge >= 0.3 is 426 Å². The van der Waals surface area contributed by atoms with Crippen molar-refractivity contribution in [2.75, 3.05) is 41.7 Å². The summed E-state index contributed by atoms with van der Waals surface area (Å²) in [5.74, 6) is -4.37. The summed E-state index contributed by atoms with van der Waals surface area (Å²) in [7, 11) is 7.89. The van der Waals surface area contributed by atoms with Crippen molar-refractivity contribution in [3.05, 3.63) is 94.3 Å². The first-order valence-electron chi connectivity index (χ1n) is 19.2. The Labute approximate surface area is 422 Å². The number of carbonyl (C=O) groups excluding carboxylic acids is 6. The second kappa shape index (κ2) is 25.5. The van der Waals surface area contributed by atoms with Crippen molar-refractivity contribution < 1.29 is 78.7 Å². The van der Waals surface area contributed by atoms with Gasteiger partial charge in [0.05, 0.1) is 0 Å². The Balaban J connectivity index is 1.75. The number of β-lactam (4-membered cyclic amide) rings is 2. The first kappa shape index (κ1) is 55.6. The van der Waals surface area contributed by atoms with Crippen molar-refractivity contribution in [2.45, 2.75) is 69.7 Å². The fourth-order valence-corrected chi connectivity index (χ4v) is 30.4. The molecule has 2 heterocycles. The van der Waals surface area contributed by atoms with Crippen molar-refractivity contribution in [2.24, 2.45) is 0 Å². The fraction of sp³-hybridized carbons (Fsp3) is 0.450. The van der Waals surface area contributed by atoms with E-state index in [4.69, 9.17) is 98.0 Å². The third-order valence-corrected chi connectivity index (χ3v) is 30.4. The van der Waals surface area contributed by atoms with Gasteiger partial charge in [0.25, 0.3) is 0 Å². The van der Waals surface area contributed by atoms with Crippen LogP contribution in [-0.4, -0.2) is 130 Å². The van der Waals surface area contributed by atoms with Gasteiger partial charge in [-0.05, 0) is 0 Å². The fourth-order valence-electron chi connectivity index (χ4n) is 6.65. The molecule has 2 aromatic carbocycles. The molecule has 4 amide bonds.